The predicted molar refractivity (Wildman–Crippen MR) is 144 cm³/mol. The number of aromatic nitrogens is 4. The second-order valence-electron chi connectivity index (χ2n) is 9.24. The van der Waals surface area contributed by atoms with Gasteiger partial charge in [-0.25, -0.2) is 9.97 Å². The molecule has 3 aromatic heterocycles. The van der Waals surface area contributed by atoms with Crippen LogP contribution in [-0.4, -0.2) is 37.5 Å². The van der Waals surface area contributed by atoms with Crippen molar-refractivity contribution in [3.05, 3.63) is 41.9 Å². The zero-order valence-corrected chi connectivity index (χ0v) is 22.1. The number of rotatable bonds is 5. The molecule has 2 fully saturated rings. The molecule has 2 aliphatic rings. The van der Waals surface area contributed by atoms with E-state index in [9.17, 15) is 0 Å². The summed E-state index contributed by atoms with van der Waals surface area (Å²) in [4.78, 5) is 16.5. The Bertz CT molecular complexity index is 1000. The Balaban J connectivity index is 0.000000771. The summed E-state index contributed by atoms with van der Waals surface area (Å²) < 4.78 is 2.37. The van der Waals surface area contributed by atoms with Crippen LogP contribution in [0.4, 0.5) is 11.8 Å². The average Bonchev–Trinajstić information content (AvgIpc) is 3.46. The first-order chi connectivity index (χ1) is 16.7. The van der Waals surface area contributed by atoms with Crippen molar-refractivity contribution in [3.63, 3.8) is 0 Å². The average molecular weight is 465 g/mol. The topological polar surface area (TPSA) is 58.9 Å². The molecule has 0 aromatic carbocycles. The second-order valence-corrected chi connectivity index (χ2v) is 9.24. The van der Waals surface area contributed by atoms with Crippen molar-refractivity contribution in [2.45, 2.75) is 92.7 Å². The first kappa shape index (κ1) is 26.1. The molecule has 6 nitrogen and oxygen atoms in total. The molecule has 34 heavy (non-hydrogen) atoms. The van der Waals surface area contributed by atoms with Gasteiger partial charge in [0.1, 0.15) is 11.5 Å². The van der Waals surface area contributed by atoms with Crippen molar-refractivity contribution in [2.24, 2.45) is 5.92 Å². The molecule has 5 rings (SSSR count). The molecule has 0 radical (unpaired) electrons. The highest BCUT2D eigenvalue weighted by Gasteiger charge is 2.25. The standard InChI is InChI=1S/C24H32N6.2C2H6/c1-17-6-8-20(12-17)30-15-18(2)21-14-26-24(28-23(21)30)27-22-9-7-19(13-25-22)16-29-10-4-3-5-11-29;2*1-2/h7,9,13-15,17,20H,3-6,8,10-12,16H2,1-2H3,(H,25,26,27,28);2*1-2H3. The molecule has 0 amide bonds. The highest BCUT2D eigenvalue weighted by Crippen LogP contribution is 2.37. The summed E-state index contributed by atoms with van der Waals surface area (Å²) in [5.41, 5.74) is 3.54. The van der Waals surface area contributed by atoms with Gasteiger partial charge in [-0.05, 0) is 75.2 Å². The van der Waals surface area contributed by atoms with Crippen LogP contribution < -0.4 is 5.32 Å². The third-order valence-electron chi connectivity index (χ3n) is 6.75. The van der Waals surface area contributed by atoms with Crippen LogP contribution in [0.25, 0.3) is 11.0 Å². The maximum absolute atomic E-state index is 4.87. The van der Waals surface area contributed by atoms with Gasteiger partial charge in [-0.1, -0.05) is 47.1 Å². The lowest BCUT2D eigenvalue weighted by Gasteiger charge is -2.26. The van der Waals surface area contributed by atoms with E-state index in [-0.39, 0.29) is 0 Å². The Labute approximate surface area is 206 Å². The fourth-order valence-corrected chi connectivity index (χ4v) is 5.04. The second kappa shape index (κ2) is 12.8. The Morgan fingerprint density at radius 2 is 1.74 bits per heavy atom. The third kappa shape index (κ3) is 6.35. The van der Waals surface area contributed by atoms with E-state index < -0.39 is 0 Å². The van der Waals surface area contributed by atoms with Crippen LogP contribution in [0.5, 0.6) is 0 Å². The SMILES string of the molecule is CC.CC.Cc1cn(C2CCC(C)C2)c2nc(Nc3ccc(CN4CCCCC4)cn3)ncc12. The minimum atomic E-state index is 0.547. The van der Waals surface area contributed by atoms with Gasteiger partial charge in [0.25, 0.3) is 0 Å². The van der Waals surface area contributed by atoms with E-state index in [1.807, 2.05) is 46.2 Å². The van der Waals surface area contributed by atoms with E-state index in [4.69, 9.17) is 4.98 Å². The van der Waals surface area contributed by atoms with Crippen molar-refractivity contribution < 1.29 is 0 Å². The largest absolute Gasteiger partial charge is 0.329 e. The van der Waals surface area contributed by atoms with Crippen LogP contribution in [0, 0.1) is 12.8 Å². The molecule has 1 aliphatic heterocycles. The molecule has 4 heterocycles. The maximum atomic E-state index is 4.87. The van der Waals surface area contributed by atoms with Crippen LogP contribution in [0.1, 0.15) is 90.3 Å². The molecule has 1 N–H and O–H groups in total. The van der Waals surface area contributed by atoms with Gasteiger partial charge in [-0.2, -0.15) is 4.98 Å². The number of nitrogens with zero attached hydrogens (tertiary/aromatic N) is 5. The van der Waals surface area contributed by atoms with E-state index in [0.29, 0.717) is 12.0 Å². The van der Waals surface area contributed by atoms with Gasteiger partial charge in [0.15, 0.2) is 0 Å². The molecule has 1 saturated carbocycles. The number of hydrogen-bond donors (Lipinski definition) is 1. The highest BCUT2D eigenvalue weighted by molar-refractivity contribution is 5.80. The molecular weight excluding hydrogens is 420 g/mol. The number of piperidine rings is 1. The Morgan fingerprint density at radius 1 is 0.971 bits per heavy atom. The van der Waals surface area contributed by atoms with Crippen molar-refractivity contribution >= 4 is 22.8 Å². The van der Waals surface area contributed by atoms with Gasteiger partial charge >= 0.3 is 0 Å². The predicted octanol–water partition coefficient (Wildman–Crippen LogP) is 7.28. The van der Waals surface area contributed by atoms with E-state index in [2.05, 4.69) is 50.9 Å². The van der Waals surface area contributed by atoms with Gasteiger partial charge in [-0.15, -0.1) is 0 Å². The van der Waals surface area contributed by atoms with E-state index in [0.717, 1.165) is 29.3 Å². The van der Waals surface area contributed by atoms with Crippen molar-refractivity contribution in [1.82, 2.24) is 24.4 Å². The number of aryl methyl sites for hydroxylation is 1. The fourth-order valence-electron chi connectivity index (χ4n) is 5.04. The number of hydrogen-bond acceptors (Lipinski definition) is 5. The normalized spacial score (nSPS) is 20.3. The minimum Gasteiger partial charge on any atom is -0.329 e. The molecule has 0 spiro atoms. The summed E-state index contributed by atoms with van der Waals surface area (Å²) >= 11 is 0. The molecule has 1 saturated heterocycles. The molecule has 3 aromatic rings. The monoisotopic (exact) mass is 464 g/mol. The summed E-state index contributed by atoms with van der Waals surface area (Å²) in [7, 11) is 0. The number of fused-ring (bicyclic) bond motifs is 1. The first-order valence-corrected chi connectivity index (χ1v) is 13.4. The van der Waals surface area contributed by atoms with Gasteiger partial charge in [0.05, 0.1) is 0 Å². The van der Waals surface area contributed by atoms with Gasteiger partial charge in [0, 0.05) is 36.6 Å². The molecule has 186 valence electrons. The minimum absolute atomic E-state index is 0.547. The zero-order chi connectivity index (χ0) is 24.5. The Hall–Kier alpha value is -2.47. The van der Waals surface area contributed by atoms with E-state index in [1.165, 1.54) is 62.7 Å². The number of pyridine rings is 1. The van der Waals surface area contributed by atoms with Crippen LogP contribution in [0.15, 0.2) is 30.7 Å². The van der Waals surface area contributed by atoms with Crippen LogP contribution in [0.2, 0.25) is 0 Å². The van der Waals surface area contributed by atoms with Crippen LogP contribution in [0.3, 0.4) is 0 Å². The van der Waals surface area contributed by atoms with Gasteiger partial charge < -0.3 is 9.88 Å². The summed E-state index contributed by atoms with van der Waals surface area (Å²) in [6, 6.07) is 4.75. The first-order valence-electron chi connectivity index (χ1n) is 13.4. The maximum Gasteiger partial charge on any atom is 0.230 e. The van der Waals surface area contributed by atoms with E-state index >= 15 is 0 Å². The van der Waals surface area contributed by atoms with Crippen molar-refractivity contribution in [2.75, 3.05) is 18.4 Å². The number of anilines is 2. The van der Waals surface area contributed by atoms with Gasteiger partial charge in [-0.3, -0.25) is 4.90 Å². The lowest BCUT2D eigenvalue weighted by atomic mass is 10.1. The molecular formula is C28H44N6. The molecule has 1 aliphatic carbocycles. The molecule has 2 atom stereocenters. The summed E-state index contributed by atoms with van der Waals surface area (Å²) in [5.74, 6) is 2.20. The third-order valence-corrected chi connectivity index (χ3v) is 6.75. The smallest absolute Gasteiger partial charge is 0.230 e. The van der Waals surface area contributed by atoms with Crippen molar-refractivity contribution in [1.29, 1.82) is 0 Å². The lowest BCUT2D eigenvalue weighted by molar-refractivity contribution is 0.220. The summed E-state index contributed by atoms with van der Waals surface area (Å²) in [5, 5.41) is 4.45. The molecule has 2 unspecified atom stereocenters. The summed E-state index contributed by atoms with van der Waals surface area (Å²) in [6.07, 6.45) is 13.9. The molecule has 0 bridgehead atoms. The number of likely N-dealkylation sites (tertiary alicyclic amines) is 1. The van der Waals surface area contributed by atoms with Crippen LogP contribution in [-0.2, 0) is 6.54 Å². The molecule has 6 heteroatoms. The lowest BCUT2D eigenvalue weighted by Crippen LogP contribution is -2.29. The Kier molecular flexibility index (Phi) is 9.87. The number of nitrogens with one attached hydrogen (secondary N) is 1. The highest BCUT2D eigenvalue weighted by atomic mass is 15.2. The zero-order valence-electron chi connectivity index (χ0n) is 22.1. The van der Waals surface area contributed by atoms with Crippen LogP contribution >= 0.6 is 0 Å². The Morgan fingerprint density at radius 3 is 2.38 bits per heavy atom. The van der Waals surface area contributed by atoms with Gasteiger partial charge in [0.2, 0.25) is 5.95 Å². The van der Waals surface area contributed by atoms with Crippen molar-refractivity contribution in [3.8, 4) is 0 Å². The quantitative estimate of drug-likeness (QED) is 0.430. The summed E-state index contributed by atoms with van der Waals surface area (Å²) in [6.45, 7) is 15.9. The van der Waals surface area contributed by atoms with E-state index in [1.54, 1.807) is 0 Å². The fraction of sp³-hybridized carbons (Fsp3) is 0.607.